The van der Waals surface area contributed by atoms with Gasteiger partial charge in [0, 0.05) is 12.1 Å². The molecule has 2 aromatic carbocycles. The summed E-state index contributed by atoms with van der Waals surface area (Å²) in [5.74, 6) is -0.185. The zero-order valence-electron chi connectivity index (χ0n) is 12.4. The van der Waals surface area contributed by atoms with E-state index in [1.54, 1.807) is 24.3 Å². The quantitative estimate of drug-likeness (QED) is 0.495. The minimum Gasteiger partial charge on any atom is -0.482 e. The minimum atomic E-state index is -0.501. The van der Waals surface area contributed by atoms with Gasteiger partial charge in [0.15, 0.2) is 6.61 Å². The fraction of sp³-hybridized carbons (Fsp3) is 0.0625. The molecular weight excluding hydrogens is 312 g/mol. The van der Waals surface area contributed by atoms with Crippen molar-refractivity contribution in [2.75, 3.05) is 6.61 Å². The molecule has 1 N–H and O–H groups in total. The first kappa shape index (κ1) is 16.6. The fourth-order valence-corrected chi connectivity index (χ4v) is 1.72. The number of nitro groups is 1. The molecule has 0 aliphatic heterocycles. The van der Waals surface area contributed by atoms with Crippen LogP contribution in [-0.4, -0.2) is 23.7 Å². The van der Waals surface area contributed by atoms with Crippen LogP contribution in [0.25, 0.3) is 0 Å². The summed E-state index contributed by atoms with van der Waals surface area (Å²) in [5, 5.41) is 23.2. The Morgan fingerprint density at radius 2 is 2.00 bits per heavy atom. The van der Waals surface area contributed by atoms with E-state index >= 15 is 0 Å². The van der Waals surface area contributed by atoms with Crippen LogP contribution >= 0.6 is 0 Å². The van der Waals surface area contributed by atoms with E-state index in [1.807, 2.05) is 6.07 Å². The maximum Gasteiger partial charge on any atom is 0.277 e. The van der Waals surface area contributed by atoms with E-state index in [9.17, 15) is 14.9 Å². The Kier molecular flexibility index (Phi) is 5.58. The van der Waals surface area contributed by atoms with Crippen molar-refractivity contribution in [3.8, 4) is 11.8 Å². The van der Waals surface area contributed by atoms with E-state index in [0.29, 0.717) is 16.9 Å². The number of nitrogens with one attached hydrogen (secondary N) is 1. The van der Waals surface area contributed by atoms with Gasteiger partial charge in [-0.25, -0.2) is 5.43 Å². The highest BCUT2D eigenvalue weighted by molar-refractivity contribution is 5.83. The zero-order chi connectivity index (χ0) is 17.4. The van der Waals surface area contributed by atoms with Crippen molar-refractivity contribution < 1.29 is 14.5 Å². The van der Waals surface area contributed by atoms with E-state index in [1.165, 1.54) is 30.5 Å². The maximum absolute atomic E-state index is 11.6. The number of benzene rings is 2. The molecule has 0 spiro atoms. The van der Waals surface area contributed by atoms with Gasteiger partial charge in [-0.05, 0) is 29.8 Å². The number of rotatable bonds is 6. The number of amides is 1. The number of ether oxygens (including phenoxy) is 1. The molecule has 8 nitrogen and oxygen atoms in total. The van der Waals surface area contributed by atoms with Gasteiger partial charge in [0.2, 0.25) is 0 Å². The second-order valence-corrected chi connectivity index (χ2v) is 4.54. The summed E-state index contributed by atoms with van der Waals surface area (Å²) in [4.78, 5) is 21.7. The van der Waals surface area contributed by atoms with Crippen molar-refractivity contribution in [3.05, 3.63) is 69.8 Å². The molecule has 0 fully saturated rings. The van der Waals surface area contributed by atoms with Crippen molar-refractivity contribution in [1.82, 2.24) is 5.43 Å². The number of hydrogen-bond donors (Lipinski definition) is 1. The lowest BCUT2D eigenvalue weighted by atomic mass is 10.2. The molecule has 0 aliphatic carbocycles. The number of carbonyl (C=O) groups excluding carboxylic acids is 1. The Morgan fingerprint density at radius 3 is 2.67 bits per heavy atom. The summed E-state index contributed by atoms with van der Waals surface area (Å²) in [6, 6.07) is 14.2. The molecule has 0 aliphatic rings. The van der Waals surface area contributed by atoms with Crippen molar-refractivity contribution in [3.63, 3.8) is 0 Å². The Morgan fingerprint density at radius 1 is 1.29 bits per heavy atom. The largest absolute Gasteiger partial charge is 0.482 e. The summed E-state index contributed by atoms with van der Waals surface area (Å²) < 4.78 is 5.25. The first-order chi connectivity index (χ1) is 11.6. The van der Waals surface area contributed by atoms with Crippen molar-refractivity contribution in [1.29, 1.82) is 5.26 Å². The van der Waals surface area contributed by atoms with Gasteiger partial charge in [0.05, 0.1) is 16.7 Å². The minimum absolute atomic E-state index is 0.0271. The summed E-state index contributed by atoms with van der Waals surface area (Å²) >= 11 is 0. The van der Waals surface area contributed by atoms with E-state index in [2.05, 4.69) is 10.5 Å². The molecule has 0 atom stereocenters. The van der Waals surface area contributed by atoms with Crippen LogP contribution in [0.2, 0.25) is 0 Å². The molecule has 8 heteroatoms. The molecule has 2 rings (SSSR count). The number of non-ortho nitro benzene ring substituents is 1. The van der Waals surface area contributed by atoms with Gasteiger partial charge >= 0.3 is 0 Å². The first-order valence-corrected chi connectivity index (χ1v) is 6.78. The number of para-hydroxylation sites is 1. The zero-order valence-corrected chi connectivity index (χ0v) is 12.4. The van der Waals surface area contributed by atoms with E-state index in [0.717, 1.165) is 0 Å². The Labute approximate surface area is 137 Å². The van der Waals surface area contributed by atoms with Crippen LogP contribution in [0.15, 0.2) is 53.6 Å². The van der Waals surface area contributed by atoms with E-state index in [4.69, 9.17) is 10.00 Å². The molecule has 1 amide bonds. The van der Waals surface area contributed by atoms with Crippen molar-refractivity contribution >= 4 is 17.8 Å². The highest BCUT2D eigenvalue weighted by Crippen LogP contribution is 2.16. The highest BCUT2D eigenvalue weighted by Gasteiger charge is 2.05. The monoisotopic (exact) mass is 324 g/mol. The van der Waals surface area contributed by atoms with Crippen LogP contribution in [0.1, 0.15) is 11.1 Å². The lowest BCUT2D eigenvalue weighted by Crippen LogP contribution is -2.24. The van der Waals surface area contributed by atoms with Gasteiger partial charge in [-0.2, -0.15) is 10.4 Å². The lowest BCUT2D eigenvalue weighted by Gasteiger charge is -2.06. The maximum atomic E-state index is 11.6. The normalized spacial score (nSPS) is 10.1. The second-order valence-electron chi connectivity index (χ2n) is 4.54. The summed E-state index contributed by atoms with van der Waals surface area (Å²) in [6.07, 6.45) is 1.35. The molecule has 0 radical (unpaired) electrons. The Hall–Kier alpha value is -3.73. The predicted molar refractivity (Wildman–Crippen MR) is 85.5 cm³/mol. The van der Waals surface area contributed by atoms with Crippen LogP contribution in [0, 0.1) is 21.4 Å². The molecule has 120 valence electrons. The third kappa shape index (κ3) is 4.64. The molecule has 0 heterocycles. The van der Waals surface area contributed by atoms with Gasteiger partial charge in [-0.1, -0.05) is 12.1 Å². The summed E-state index contributed by atoms with van der Waals surface area (Å²) in [7, 11) is 0. The fourth-order valence-electron chi connectivity index (χ4n) is 1.72. The highest BCUT2D eigenvalue weighted by atomic mass is 16.6. The van der Waals surface area contributed by atoms with Crippen molar-refractivity contribution in [2.45, 2.75) is 0 Å². The third-order valence-electron chi connectivity index (χ3n) is 2.87. The first-order valence-electron chi connectivity index (χ1n) is 6.78. The lowest BCUT2D eigenvalue weighted by molar-refractivity contribution is -0.384. The van der Waals surface area contributed by atoms with E-state index in [-0.39, 0.29) is 12.3 Å². The summed E-state index contributed by atoms with van der Waals surface area (Å²) in [6.45, 7) is -0.295. The summed E-state index contributed by atoms with van der Waals surface area (Å²) in [5.41, 5.74) is 3.17. The Balaban J connectivity index is 1.84. The molecule has 0 bridgehead atoms. The molecule has 2 aromatic rings. The molecular formula is C16H12N4O4. The smallest absolute Gasteiger partial charge is 0.277 e. The number of hydrazone groups is 1. The van der Waals surface area contributed by atoms with Crippen LogP contribution < -0.4 is 10.2 Å². The average Bonchev–Trinajstić information content (AvgIpc) is 2.60. The van der Waals surface area contributed by atoms with Gasteiger partial charge in [0.25, 0.3) is 11.6 Å². The van der Waals surface area contributed by atoms with Gasteiger partial charge in [0.1, 0.15) is 11.8 Å². The van der Waals surface area contributed by atoms with Crippen LogP contribution in [0.4, 0.5) is 5.69 Å². The molecule has 0 saturated heterocycles. The molecule has 24 heavy (non-hydrogen) atoms. The molecule has 0 saturated carbocycles. The van der Waals surface area contributed by atoms with Crippen LogP contribution in [-0.2, 0) is 4.79 Å². The topological polar surface area (TPSA) is 118 Å². The standard InChI is InChI=1S/C16H12N4O4/c17-9-13-3-1-2-4-15(13)24-11-16(21)19-18-10-12-5-7-14(8-6-12)20(22)23/h1-8,10H,11H2,(H,19,21). The van der Waals surface area contributed by atoms with Gasteiger partial charge in [-0.3, -0.25) is 14.9 Å². The second kappa shape index (κ2) is 8.05. The number of nitriles is 1. The van der Waals surface area contributed by atoms with Gasteiger partial charge in [-0.15, -0.1) is 0 Å². The Bertz CT molecular complexity index is 810. The number of nitro benzene ring substituents is 1. The van der Waals surface area contributed by atoms with Crippen LogP contribution in [0.3, 0.4) is 0 Å². The molecule has 0 aromatic heterocycles. The predicted octanol–water partition coefficient (Wildman–Crippen LogP) is 2.00. The third-order valence-corrected chi connectivity index (χ3v) is 2.87. The van der Waals surface area contributed by atoms with Crippen molar-refractivity contribution in [2.24, 2.45) is 5.10 Å². The van der Waals surface area contributed by atoms with Gasteiger partial charge < -0.3 is 4.74 Å². The SMILES string of the molecule is N#Cc1ccccc1OCC(=O)NN=Cc1ccc([N+](=O)[O-])cc1. The number of hydrogen-bond acceptors (Lipinski definition) is 6. The van der Waals surface area contributed by atoms with E-state index < -0.39 is 10.8 Å². The van der Waals surface area contributed by atoms with Crippen LogP contribution in [0.5, 0.6) is 5.75 Å². The molecule has 0 unspecified atom stereocenters. The number of carbonyl (C=O) groups is 1. The average molecular weight is 324 g/mol. The number of nitrogens with zero attached hydrogens (tertiary/aromatic N) is 3.